The van der Waals surface area contributed by atoms with Crippen LogP contribution >= 0.6 is 27.5 Å². The second kappa shape index (κ2) is 9.63. The quantitative estimate of drug-likeness (QED) is 0.504. The highest BCUT2D eigenvalue weighted by molar-refractivity contribution is 9.10. The zero-order valence-corrected chi connectivity index (χ0v) is 19.1. The van der Waals surface area contributed by atoms with Gasteiger partial charge in [-0.1, -0.05) is 47.5 Å². The van der Waals surface area contributed by atoms with Gasteiger partial charge in [0, 0.05) is 16.5 Å². The Morgan fingerprint density at radius 2 is 2.07 bits per heavy atom. The van der Waals surface area contributed by atoms with Crippen LogP contribution in [0.5, 0.6) is 11.5 Å². The summed E-state index contributed by atoms with van der Waals surface area (Å²) >= 11 is 9.49. The molecule has 0 saturated heterocycles. The molecule has 0 aliphatic carbocycles. The summed E-state index contributed by atoms with van der Waals surface area (Å²) in [4.78, 5) is 12.6. The largest absolute Gasteiger partial charge is 0.493 e. The van der Waals surface area contributed by atoms with Crippen LogP contribution in [0.4, 0.5) is 0 Å². The predicted octanol–water partition coefficient (Wildman–Crippen LogP) is 5.34. The molecule has 1 unspecified atom stereocenters. The van der Waals surface area contributed by atoms with E-state index in [0.717, 1.165) is 34.2 Å². The molecule has 1 amide bonds. The van der Waals surface area contributed by atoms with Gasteiger partial charge in [0.15, 0.2) is 11.5 Å². The summed E-state index contributed by atoms with van der Waals surface area (Å²) in [6.45, 7) is 2.15. The number of halogens is 2. The van der Waals surface area contributed by atoms with Crippen molar-refractivity contribution in [1.82, 2.24) is 5.01 Å². The van der Waals surface area contributed by atoms with Gasteiger partial charge in [-0.25, -0.2) is 5.01 Å². The van der Waals surface area contributed by atoms with E-state index in [0.29, 0.717) is 17.9 Å². The summed E-state index contributed by atoms with van der Waals surface area (Å²) in [7, 11) is 3.19. The average molecular weight is 480 g/mol. The van der Waals surface area contributed by atoms with Crippen LogP contribution in [-0.4, -0.2) is 36.7 Å². The van der Waals surface area contributed by atoms with Crippen LogP contribution < -0.4 is 9.47 Å². The third kappa shape index (κ3) is 4.43. The molecular formula is C22H24BrClN2O3. The third-order valence-electron chi connectivity index (χ3n) is 4.97. The van der Waals surface area contributed by atoms with Crippen molar-refractivity contribution in [1.29, 1.82) is 0 Å². The number of amides is 1. The van der Waals surface area contributed by atoms with E-state index in [2.05, 4.69) is 34.0 Å². The molecule has 29 heavy (non-hydrogen) atoms. The number of carbonyl (C=O) groups is 1. The molecule has 3 rings (SSSR count). The Balaban J connectivity index is 2.02. The second-order valence-electron chi connectivity index (χ2n) is 6.78. The lowest BCUT2D eigenvalue weighted by Crippen LogP contribution is -2.28. The van der Waals surface area contributed by atoms with Gasteiger partial charge in [-0.3, -0.25) is 4.79 Å². The minimum atomic E-state index is -0.306. The van der Waals surface area contributed by atoms with Crippen molar-refractivity contribution in [2.24, 2.45) is 5.10 Å². The van der Waals surface area contributed by atoms with Crippen LogP contribution in [0.25, 0.3) is 0 Å². The SMILES string of the molecule is CCCc1cc(C2=NN(C(=O)CCl)C(c3cccc(OC)c3OC)C2)ccc1Br. The van der Waals surface area contributed by atoms with Gasteiger partial charge in [0.2, 0.25) is 0 Å². The van der Waals surface area contributed by atoms with E-state index in [1.54, 1.807) is 14.2 Å². The van der Waals surface area contributed by atoms with Crippen molar-refractivity contribution in [2.45, 2.75) is 32.2 Å². The Morgan fingerprint density at radius 3 is 2.72 bits per heavy atom. The van der Waals surface area contributed by atoms with Crippen LogP contribution in [-0.2, 0) is 11.2 Å². The first-order chi connectivity index (χ1) is 14.0. The number of hydrazone groups is 1. The van der Waals surface area contributed by atoms with Gasteiger partial charge in [-0.05, 0) is 35.7 Å². The topological polar surface area (TPSA) is 51.1 Å². The molecular weight excluding hydrogens is 456 g/mol. The summed E-state index contributed by atoms with van der Waals surface area (Å²) in [5.74, 6) is 0.834. The molecule has 1 aliphatic rings. The van der Waals surface area contributed by atoms with Crippen molar-refractivity contribution in [3.05, 3.63) is 57.6 Å². The maximum Gasteiger partial charge on any atom is 0.258 e. The predicted molar refractivity (Wildman–Crippen MR) is 119 cm³/mol. The molecule has 0 N–H and O–H groups in total. The van der Waals surface area contributed by atoms with Crippen LogP contribution in [0.1, 0.15) is 42.5 Å². The van der Waals surface area contributed by atoms with Gasteiger partial charge in [0.25, 0.3) is 5.91 Å². The van der Waals surface area contributed by atoms with E-state index in [9.17, 15) is 4.79 Å². The van der Waals surface area contributed by atoms with Crippen LogP contribution in [0.2, 0.25) is 0 Å². The summed E-state index contributed by atoms with van der Waals surface area (Å²) in [5, 5.41) is 6.13. The Hall–Kier alpha value is -2.05. The molecule has 2 aromatic rings. The van der Waals surface area contributed by atoms with Gasteiger partial charge < -0.3 is 9.47 Å². The van der Waals surface area contributed by atoms with E-state index in [1.807, 2.05) is 30.3 Å². The Labute approximate surface area is 184 Å². The molecule has 5 nitrogen and oxygen atoms in total. The average Bonchev–Trinajstić information content (AvgIpc) is 3.19. The smallest absolute Gasteiger partial charge is 0.258 e. The van der Waals surface area contributed by atoms with E-state index in [4.69, 9.17) is 21.1 Å². The number of aryl methyl sites for hydroxylation is 1. The van der Waals surface area contributed by atoms with Crippen LogP contribution in [0.3, 0.4) is 0 Å². The van der Waals surface area contributed by atoms with Crippen LogP contribution in [0, 0.1) is 0 Å². The first kappa shape index (κ1) is 21.7. The Kier molecular flexibility index (Phi) is 7.19. The minimum Gasteiger partial charge on any atom is -0.493 e. The number of nitrogens with zero attached hydrogens (tertiary/aromatic N) is 2. The fourth-order valence-corrected chi connectivity index (χ4v) is 4.18. The molecule has 154 valence electrons. The maximum absolute atomic E-state index is 12.6. The van der Waals surface area contributed by atoms with Gasteiger partial charge in [-0.2, -0.15) is 5.10 Å². The van der Waals surface area contributed by atoms with Gasteiger partial charge in [0.1, 0.15) is 5.88 Å². The molecule has 0 saturated carbocycles. The molecule has 0 bridgehead atoms. The van der Waals surface area contributed by atoms with E-state index < -0.39 is 0 Å². The monoisotopic (exact) mass is 478 g/mol. The lowest BCUT2D eigenvalue weighted by Gasteiger charge is -2.23. The van der Waals surface area contributed by atoms with Gasteiger partial charge >= 0.3 is 0 Å². The fraction of sp³-hybridized carbons (Fsp3) is 0.364. The number of hydrogen-bond acceptors (Lipinski definition) is 4. The summed E-state index contributed by atoms with van der Waals surface area (Å²) in [6.07, 6.45) is 2.59. The number of hydrogen-bond donors (Lipinski definition) is 0. The number of carbonyl (C=O) groups excluding carboxylic acids is 1. The lowest BCUT2D eigenvalue weighted by atomic mass is 9.96. The molecule has 1 heterocycles. The van der Waals surface area contributed by atoms with Crippen molar-refractivity contribution in [2.75, 3.05) is 20.1 Å². The van der Waals surface area contributed by atoms with Crippen molar-refractivity contribution in [3.8, 4) is 11.5 Å². The third-order valence-corrected chi connectivity index (χ3v) is 5.97. The van der Waals surface area contributed by atoms with Crippen molar-refractivity contribution < 1.29 is 14.3 Å². The number of rotatable bonds is 7. The summed E-state index contributed by atoms with van der Waals surface area (Å²) in [5.41, 5.74) is 3.93. The summed E-state index contributed by atoms with van der Waals surface area (Å²) < 4.78 is 12.1. The molecule has 0 spiro atoms. The Morgan fingerprint density at radius 1 is 1.28 bits per heavy atom. The number of methoxy groups -OCH3 is 2. The molecule has 1 aliphatic heterocycles. The standard InChI is InChI=1S/C22H24BrClN2O3/c1-4-6-14-11-15(9-10-17(14)23)18-12-19(26(25-18)21(27)13-24)16-7-5-8-20(28-2)22(16)29-3/h5,7-11,19H,4,6,12-13H2,1-3H3. The van der Waals surface area contributed by atoms with Crippen LogP contribution in [0.15, 0.2) is 46.0 Å². The fourth-order valence-electron chi connectivity index (χ4n) is 3.61. The van der Waals surface area contributed by atoms with Crippen molar-refractivity contribution in [3.63, 3.8) is 0 Å². The minimum absolute atomic E-state index is 0.138. The zero-order chi connectivity index (χ0) is 21.0. The Bertz CT molecular complexity index is 932. The number of alkyl halides is 1. The number of ether oxygens (including phenoxy) is 2. The molecule has 0 fully saturated rings. The summed E-state index contributed by atoms with van der Waals surface area (Å²) in [6, 6.07) is 11.5. The van der Waals surface area contributed by atoms with E-state index in [1.165, 1.54) is 10.6 Å². The molecule has 7 heteroatoms. The highest BCUT2D eigenvalue weighted by Gasteiger charge is 2.35. The zero-order valence-electron chi connectivity index (χ0n) is 16.7. The normalized spacial score (nSPS) is 16.0. The molecule has 2 aromatic carbocycles. The van der Waals surface area contributed by atoms with E-state index >= 15 is 0 Å². The van der Waals surface area contributed by atoms with E-state index in [-0.39, 0.29) is 17.8 Å². The lowest BCUT2D eigenvalue weighted by molar-refractivity contribution is -0.130. The molecule has 1 atom stereocenters. The van der Waals surface area contributed by atoms with Gasteiger partial charge in [0.05, 0.1) is 26.0 Å². The number of benzene rings is 2. The van der Waals surface area contributed by atoms with Crippen molar-refractivity contribution >= 4 is 39.1 Å². The highest BCUT2D eigenvalue weighted by Crippen LogP contribution is 2.42. The first-order valence-electron chi connectivity index (χ1n) is 9.49. The molecule has 0 aromatic heterocycles. The maximum atomic E-state index is 12.6. The molecule has 0 radical (unpaired) electrons. The van der Waals surface area contributed by atoms with Gasteiger partial charge in [-0.15, -0.1) is 11.6 Å². The number of para-hydroxylation sites is 1. The highest BCUT2D eigenvalue weighted by atomic mass is 79.9. The second-order valence-corrected chi connectivity index (χ2v) is 7.90. The first-order valence-corrected chi connectivity index (χ1v) is 10.8.